The molecule has 0 fully saturated rings. The second-order valence-electron chi connectivity index (χ2n) is 6.28. The fourth-order valence-corrected chi connectivity index (χ4v) is 3.27. The van der Waals surface area contributed by atoms with Crippen LogP contribution in [0.3, 0.4) is 0 Å². The summed E-state index contributed by atoms with van der Waals surface area (Å²) < 4.78 is 0. The minimum Gasteiger partial charge on any atom is -0.0651 e. The van der Waals surface area contributed by atoms with Gasteiger partial charge < -0.3 is 0 Å². The maximum Gasteiger partial charge on any atom is -0.0181 e. The van der Waals surface area contributed by atoms with Gasteiger partial charge in [-0.25, -0.2) is 0 Å². The van der Waals surface area contributed by atoms with Crippen molar-refractivity contribution < 1.29 is 0 Å². The minimum absolute atomic E-state index is 0.849. The summed E-state index contributed by atoms with van der Waals surface area (Å²) in [6.45, 7) is 4.60. The number of rotatable bonds is 3. The van der Waals surface area contributed by atoms with Crippen LogP contribution in [0.4, 0.5) is 0 Å². The van der Waals surface area contributed by atoms with E-state index in [9.17, 15) is 0 Å². The highest BCUT2D eigenvalue weighted by molar-refractivity contribution is 5.65. The van der Waals surface area contributed by atoms with Crippen molar-refractivity contribution in [2.75, 3.05) is 0 Å². The first kappa shape index (κ1) is 13.4. The molecule has 0 bridgehead atoms. The first-order valence-electron chi connectivity index (χ1n) is 7.97. The highest BCUT2D eigenvalue weighted by atomic mass is 14.2. The Hall–Kier alpha value is -1.56. The smallest absolute Gasteiger partial charge is 0.0181 e. The first-order chi connectivity index (χ1) is 9.76. The van der Waals surface area contributed by atoms with Crippen LogP contribution in [0.25, 0.3) is 11.1 Å². The van der Waals surface area contributed by atoms with Crippen LogP contribution < -0.4 is 0 Å². The second kappa shape index (κ2) is 5.83. The molecule has 0 heterocycles. The van der Waals surface area contributed by atoms with Crippen LogP contribution in [0.15, 0.2) is 42.5 Å². The largest absolute Gasteiger partial charge is 0.0651 e. The van der Waals surface area contributed by atoms with Crippen molar-refractivity contribution in [1.29, 1.82) is 0 Å². The third-order valence-electron chi connectivity index (χ3n) is 4.51. The third-order valence-corrected chi connectivity index (χ3v) is 4.51. The fourth-order valence-electron chi connectivity index (χ4n) is 3.27. The molecule has 2 aromatic carbocycles. The van der Waals surface area contributed by atoms with Crippen LogP contribution in [0.5, 0.6) is 0 Å². The SMILES string of the molecule is CCCc1ccc(-c2ccc3c(c2)CCC(C)C3)cc1. The van der Waals surface area contributed by atoms with Gasteiger partial charge in [0.05, 0.1) is 0 Å². The Morgan fingerprint density at radius 3 is 2.45 bits per heavy atom. The summed E-state index contributed by atoms with van der Waals surface area (Å²) in [5.41, 5.74) is 7.31. The van der Waals surface area contributed by atoms with Crippen LogP contribution in [-0.2, 0) is 19.3 Å². The van der Waals surface area contributed by atoms with E-state index in [1.165, 1.54) is 48.8 Å². The summed E-state index contributed by atoms with van der Waals surface area (Å²) in [6, 6.07) is 16.2. The van der Waals surface area contributed by atoms with Crippen molar-refractivity contribution in [3.05, 3.63) is 59.2 Å². The Balaban J connectivity index is 1.87. The van der Waals surface area contributed by atoms with E-state index in [0.717, 1.165) is 5.92 Å². The highest BCUT2D eigenvalue weighted by Gasteiger charge is 2.15. The lowest BCUT2D eigenvalue weighted by Crippen LogP contribution is -2.11. The quantitative estimate of drug-likeness (QED) is 0.693. The van der Waals surface area contributed by atoms with E-state index in [2.05, 4.69) is 56.3 Å². The molecule has 1 aliphatic rings. The van der Waals surface area contributed by atoms with Gasteiger partial charge in [-0.2, -0.15) is 0 Å². The molecule has 0 N–H and O–H groups in total. The normalized spacial score (nSPS) is 17.8. The number of benzene rings is 2. The van der Waals surface area contributed by atoms with E-state index < -0.39 is 0 Å². The molecule has 0 heteroatoms. The molecule has 20 heavy (non-hydrogen) atoms. The van der Waals surface area contributed by atoms with E-state index in [0.29, 0.717) is 0 Å². The molecule has 0 spiro atoms. The number of aryl methyl sites for hydroxylation is 2. The third kappa shape index (κ3) is 2.80. The zero-order valence-electron chi connectivity index (χ0n) is 12.7. The van der Waals surface area contributed by atoms with Gasteiger partial charge in [-0.05, 0) is 59.4 Å². The average molecular weight is 264 g/mol. The lowest BCUT2D eigenvalue weighted by Gasteiger charge is -2.22. The molecule has 0 radical (unpaired) electrons. The maximum atomic E-state index is 2.41. The van der Waals surface area contributed by atoms with Crippen LogP contribution in [0, 0.1) is 5.92 Å². The van der Waals surface area contributed by atoms with Gasteiger partial charge in [0.2, 0.25) is 0 Å². The Labute approximate surface area is 122 Å². The molecular weight excluding hydrogens is 240 g/mol. The molecule has 0 saturated heterocycles. The van der Waals surface area contributed by atoms with Gasteiger partial charge in [-0.1, -0.05) is 62.7 Å². The van der Waals surface area contributed by atoms with Crippen molar-refractivity contribution in [3.8, 4) is 11.1 Å². The molecule has 0 nitrogen and oxygen atoms in total. The molecule has 3 rings (SSSR count). The summed E-state index contributed by atoms with van der Waals surface area (Å²) in [4.78, 5) is 0. The molecule has 0 saturated carbocycles. The summed E-state index contributed by atoms with van der Waals surface area (Å²) >= 11 is 0. The van der Waals surface area contributed by atoms with Crippen molar-refractivity contribution >= 4 is 0 Å². The van der Waals surface area contributed by atoms with E-state index >= 15 is 0 Å². The first-order valence-corrected chi connectivity index (χ1v) is 7.97. The van der Waals surface area contributed by atoms with E-state index in [-0.39, 0.29) is 0 Å². The Morgan fingerprint density at radius 1 is 0.950 bits per heavy atom. The minimum atomic E-state index is 0.849. The molecule has 1 unspecified atom stereocenters. The van der Waals surface area contributed by atoms with Crippen LogP contribution >= 0.6 is 0 Å². The van der Waals surface area contributed by atoms with E-state index in [4.69, 9.17) is 0 Å². The summed E-state index contributed by atoms with van der Waals surface area (Å²) in [6.07, 6.45) is 6.24. The van der Waals surface area contributed by atoms with Crippen molar-refractivity contribution in [2.45, 2.75) is 46.0 Å². The Morgan fingerprint density at radius 2 is 1.70 bits per heavy atom. The van der Waals surface area contributed by atoms with Gasteiger partial charge in [0.1, 0.15) is 0 Å². The predicted molar refractivity (Wildman–Crippen MR) is 87.1 cm³/mol. The predicted octanol–water partition coefficient (Wildman–Crippen LogP) is 5.43. The molecule has 0 aliphatic heterocycles. The molecule has 104 valence electrons. The van der Waals surface area contributed by atoms with Gasteiger partial charge >= 0.3 is 0 Å². The van der Waals surface area contributed by atoms with Crippen molar-refractivity contribution in [2.24, 2.45) is 5.92 Å². The van der Waals surface area contributed by atoms with E-state index in [1.54, 1.807) is 11.1 Å². The van der Waals surface area contributed by atoms with Gasteiger partial charge in [0, 0.05) is 0 Å². The summed E-state index contributed by atoms with van der Waals surface area (Å²) in [5.74, 6) is 0.849. The van der Waals surface area contributed by atoms with Gasteiger partial charge in [0.15, 0.2) is 0 Å². The van der Waals surface area contributed by atoms with Gasteiger partial charge in [0.25, 0.3) is 0 Å². The zero-order chi connectivity index (χ0) is 13.9. The molecule has 2 aromatic rings. The second-order valence-corrected chi connectivity index (χ2v) is 6.28. The van der Waals surface area contributed by atoms with Crippen LogP contribution in [0.1, 0.15) is 43.4 Å². The summed E-state index contributed by atoms with van der Waals surface area (Å²) in [7, 11) is 0. The topological polar surface area (TPSA) is 0 Å². The number of hydrogen-bond acceptors (Lipinski definition) is 0. The van der Waals surface area contributed by atoms with E-state index in [1.807, 2.05) is 0 Å². The van der Waals surface area contributed by atoms with Crippen LogP contribution in [0.2, 0.25) is 0 Å². The highest BCUT2D eigenvalue weighted by Crippen LogP contribution is 2.29. The molecular formula is C20H24. The molecule has 1 atom stereocenters. The average Bonchev–Trinajstić information content (AvgIpc) is 2.48. The fraction of sp³-hybridized carbons (Fsp3) is 0.400. The van der Waals surface area contributed by atoms with Gasteiger partial charge in [-0.15, -0.1) is 0 Å². The standard InChI is InChI=1S/C20H24/c1-3-4-16-6-9-17(10-7-16)19-12-11-18-13-15(2)5-8-20(18)14-19/h6-7,9-12,14-15H,3-5,8,13H2,1-2H3. The van der Waals surface area contributed by atoms with Gasteiger partial charge in [-0.3, -0.25) is 0 Å². The summed E-state index contributed by atoms with van der Waals surface area (Å²) in [5, 5.41) is 0. The van der Waals surface area contributed by atoms with Crippen LogP contribution in [-0.4, -0.2) is 0 Å². The van der Waals surface area contributed by atoms with Crippen molar-refractivity contribution in [3.63, 3.8) is 0 Å². The maximum absolute atomic E-state index is 2.41. The lowest BCUT2D eigenvalue weighted by molar-refractivity contribution is 0.501. The Bertz CT molecular complexity index is 577. The monoisotopic (exact) mass is 264 g/mol. The lowest BCUT2D eigenvalue weighted by atomic mass is 9.83. The zero-order valence-corrected chi connectivity index (χ0v) is 12.7. The number of fused-ring (bicyclic) bond motifs is 1. The molecule has 0 amide bonds. The van der Waals surface area contributed by atoms with Crippen molar-refractivity contribution in [1.82, 2.24) is 0 Å². The number of hydrogen-bond donors (Lipinski definition) is 0. The molecule has 1 aliphatic carbocycles. The molecule has 0 aromatic heterocycles. The Kier molecular flexibility index (Phi) is 3.91.